The number of amides is 1. The molecule has 5 N–H and O–H groups in total. The molecule has 8 nitrogen and oxygen atoms in total. The van der Waals surface area contributed by atoms with Crippen LogP contribution in [0.5, 0.6) is 0 Å². The molecule has 0 saturated heterocycles. The Hall–Kier alpha value is -4.41. The van der Waals surface area contributed by atoms with Crippen LogP contribution in [0.1, 0.15) is 20.8 Å². The summed E-state index contributed by atoms with van der Waals surface area (Å²) in [6, 6.07) is 20.0. The largest absolute Gasteiger partial charge is 0.368 e. The summed E-state index contributed by atoms with van der Waals surface area (Å²) in [4.78, 5) is 28.2. The molecule has 3 aromatic heterocycles. The summed E-state index contributed by atoms with van der Waals surface area (Å²) < 4.78 is 13.1. The molecule has 1 amide bonds. The van der Waals surface area contributed by atoms with Crippen LogP contribution in [0.15, 0.2) is 79.3 Å². The molecule has 0 unspecified atom stereocenters. The number of hydrogen-bond donors (Lipinski definition) is 4. The number of nitrogens with zero attached hydrogens (tertiary/aromatic N) is 3. The third kappa shape index (κ3) is 6.54. The first-order chi connectivity index (χ1) is 19.1. The molecule has 0 aliphatic rings. The predicted molar refractivity (Wildman–Crippen MR) is 154 cm³/mol. The molecular weight excluding hydrogens is 513 g/mol. The molecule has 0 spiro atoms. The molecule has 10 heteroatoms. The lowest BCUT2D eigenvalue weighted by Crippen LogP contribution is -2.26. The van der Waals surface area contributed by atoms with Gasteiger partial charge >= 0.3 is 0 Å². The van der Waals surface area contributed by atoms with Gasteiger partial charge in [0.1, 0.15) is 23.8 Å². The molecular formula is C29H28FN7OS. The van der Waals surface area contributed by atoms with Crippen LogP contribution in [0.2, 0.25) is 0 Å². The fraction of sp³-hybridized carbons (Fsp3) is 0.172. The predicted octanol–water partition coefficient (Wildman–Crippen LogP) is 4.85. The number of carbonyl (C=O) groups excluding carboxylic acids is 1. The van der Waals surface area contributed by atoms with E-state index in [0.717, 1.165) is 37.6 Å². The lowest BCUT2D eigenvalue weighted by Gasteiger charge is -2.11. The lowest BCUT2D eigenvalue weighted by molar-refractivity contribution is 0.0954. The van der Waals surface area contributed by atoms with Crippen molar-refractivity contribution in [1.82, 2.24) is 20.3 Å². The summed E-state index contributed by atoms with van der Waals surface area (Å²) in [5.41, 5.74) is 9.01. The average molecular weight is 542 g/mol. The SMILES string of the molecule is NCCNc1ncnc2ccc(-c3ccc(CNc4ncccc4C(=O)NCCc4ccc(F)cc4)s3)cc12. The van der Waals surface area contributed by atoms with E-state index < -0.39 is 0 Å². The molecule has 3 heterocycles. The van der Waals surface area contributed by atoms with E-state index in [4.69, 9.17) is 5.73 Å². The highest BCUT2D eigenvalue weighted by Gasteiger charge is 2.13. The molecule has 5 rings (SSSR count). The summed E-state index contributed by atoms with van der Waals surface area (Å²) in [5.74, 6) is 0.801. The minimum atomic E-state index is -0.275. The van der Waals surface area contributed by atoms with Crippen molar-refractivity contribution in [3.8, 4) is 10.4 Å². The van der Waals surface area contributed by atoms with E-state index in [1.165, 1.54) is 12.1 Å². The van der Waals surface area contributed by atoms with Crippen molar-refractivity contribution in [3.63, 3.8) is 0 Å². The van der Waals surface area contributed by atoms with Crippen LogP contribution < -0.4 is 21.7 Å². The number of rotatable bonds is 11. The first-order valence-corrected chi connectivity index (χ1v) is 13.4. The maximum atomic E-state index is 13.1. The van der Waals surface area contributed by atoms with Crippen molar-refractivity contribution in [3.05, 3.63) is 101 Å². The molecule has 5 aromatic rings. The second-order valence-corrected chi connectivity index (χ2v) is 9.99. The average Bonchev–Trinajstić information content (AvgIpc) is 3.45. The number of fused-ring (bicyclic) bond motifs is 1. The van der Waals surface area contributed by atoms with Crippen LogP contribution in [-0.4, -0.2) is 40.5 Å². The Balaban J connectivity index is 1.23. The monoisotopic (exact) mass is 541 g/mol. The number of halogens is 1. The van der Waals surface area contributed by atoms with Crippen molar-refractivity contribution in [1.29, 1.82) is 0 Å². The zero-order valence-corrected chi connectivity index (χ0v) is 22.0. The van der Waals surface area contributed by atoms with Gasteiger partial charge in [-0.1, -0.05) is 18.2 Å². The summed E-state index contributed by atoms with van der Waals surface area (Å²) in [6.45, 7) is 2.11. The van der Waals surface area contributed by atoms with Gasteiger partial charge in [-0.2, -0.15) is 0 Å². The number of benzene rings is 2. The fourth-order valence-corrected chi connectivity index (χ4v) is 5.08. The van der Waals surface area contributed by atoms with Gasteiger partial charge in [-0.25, -0.2) is 19.3 Å². The van der Waals surface area contributed by atoms with Gasteiger partial charge in [-0.3, -0.25) is 4.79 Å². The Morgan fingerprint density at radius 1 is 0.923 bits per heavy atom. The molecule has 2 aromatic carbocycles. The van der Waals surface area contributed by atoms with Crippen LogP contribution in [0.4, 0.5) is 16.0 Å². The van der Waals surface area contributed by atoms with Gasteiger partial charge in [0.25, 0.3) is 5.91 Å². The lowest BCUT2D eigenvalue weighted by atomic mass is 10.1. The number of anilines is 2. The van der Waals surface area contributed by atoms with Crippen LogP contribution >= 0.6 is 11.3 Å². The van der Waals surface area contributed by atoms with Crippen molar-refractivity contribution in [2.24, 2.45) is 5.73 Å². The minimum absolute atomic E-state index is 0.211. The van der Waals surface area contributed by atoms with Crippen molar-refractivity contribution in [2.75, 3.05) is 30.3 Å². The van der Waals surface area contributed by atoms with E-state index in [-0.39, 0.29) is 11.7 Å². The highest BCUT2D eigenvalue weighted by molar-refractivity contribution is 7.15. The Labute approximate surface area is 229 Å². The number of hydrogen-bond acceptors (Lipinski definition) is 8. The zero-order valence-electron chi connectivity index (χ0n) is 21.2. The first kappa shape index (κ1) is 26.2. The number of nitrogens with one attached hydrogen (secondary N) is 3. The van der Waals surface area contributed by atoms with Gasteiger partial charge in [0.2, 0.25) is 0 Å². The standard InChI is InChI=1S/C29H28FN7OS/c30-21-6-3-19(4-7-21)11-14-34-29(38)23-2-1-13-32-27(23)35-17-22-8-10-26(39-22)20-5-9-25-24(16-20)28(33-15-12-31)37-18-36-25/h1-10,13,16,18H,11-12,14-15,17,31H2,(H,32,35)(H,34,38)(H,33,36,37). The Morgan fingerprint density at radius 2 is 1.79 bits per heavy atom. The molecule has 0 fully saturated rings. The number of thiophene rings is 1. The smallest absolute Gasteiger partial charge is 0.255 e. The summed E-state index contributed by atoms with van der Waals surface area (Å²) >= 11 is 1.67. The molecule has 0 bridgehead atoms. The van der Waals surface area contributed by atoms with Crippen LogP contribution in [0.3, 0.4) is 0 Å². The van der Waals surface area contributed by atoms with Crippen LogP contribution in [0.25, 0.3) is 21.3 Å². The molecule has 0 saturated carbocycles. The molecule has 0 aliphatic heterocycles. The third-order valence-corrected chi connectivity index (χ3v) is 7.25. The number of aromatic nitrogens is 3. The van der Waals surface area contributed by atoms with Gasteiger partial charge in [-0.15, -0.1) is 11.3 Å². The van der Waals surface area contributed by atoms with Crippen LogP contribution in [-0.2, 0) is 13.0 Å². The highest BCUT2D eigenvalue weighted by atomic mass is 32.1. The van der Waals surface area contributed by atoms with E-state index in [1.54, 1.807) is 48.1 Å². The molecule has 198 valence electrons. The van der Waals surface area contributed by atoms with Crippen molar-refractivity contribution >= 4 is 39.8 Å². The fourth-order valence-electron chi connectivity index (χ4n) is 4.14. The Kier molecular flexibility index (Phi) is 8.35. The highest BCUT2D eigenvalue weighted by Crippen LogP contribution is 2.32. The number of pyridine rings is 1. The third-order valence-electron chi connectivity index (χ3n) is 6.11. The quantitative estimate of drug-likeness (QED) is 0.189. The van der Waals surface area contributed by atoms with Gasteiger partial charge in [0, 0.05) is 41.0 Å². The maximum Gasteiger partial charge on any atom is 0.255 e. The van der Waals surface area contributed by atoms with E-state index in [9.17, 15) is 9.18 Å². The topological polar surface area (TPSA) is 118 Å². The van der Waals surface area contributed by atoms with E-state index in [2.05, 4.69) is 55.2 Å². The van der Waals surface area contributed by atoms with Gasteiger partial charge in [0.05, 0.1) is 17.6 Å². The maximum absolute atomic E-state index is 13.1. The Bertz CT molecular complexity index is 1570. The van der Waals surface area contributed by atoms with Crippen molar-refractivity contribution < 1.29 is 9.18 Å². The molecule has 39 heavy (non-hydrogen) atoms. The minimum Gasteiger partial charge on any atom is -0.368 e. The van der Waals surface area contributed by atoms with Gasteiger partial charge < -0.3 is 21.7 Å². The van der Waals surface area contributed by atoms with Gasteiger partial charge in [-0.05, 0) is 66.1 Å². The zero-order chi connectivity index (χ0) is 27.0. The first-order valence-electron chi connectivity index (χ1n) is 12.6. The number of carbonyl (C=O) groups is 1. The summed E-state index contributed by atoms with van der Waals surface area (Å²) in [7, 11) is 0. The van der Waals surface area contributed by atoms with E-state index >= 15 is 0 Å². The number of nitrogens with two attached hydrogens (primary N) is 1. The second-order valence-electron chi connectivity index (χ2n) is 8.82. The summed E-state index contributed by atoms with van der Waals surface area (Å²) in [5, 5.41) is 10.4. The van der Waals surface area contributed by atoms with E-state index in [1.807, 2.05) is 6.07 Å². The summed E-state index contributed by atoms with van der Waals surface area (Å²) in [6.07, 6.45) is 3.82. The second kappa shape index (κ2) is 12.4. The molecule has 0 radical (unpaired) electrons. The van der Waals surface area contributed by atoms with Gasteiger partial charge in [0.15, 0.2) is 0 Å². The van der Waals surface area contributed by atoms with E-state index in [0.29, 0.717) is 44.0 Å². The normalized spacial score (nSPS) is 10.9. The Morgan fingerprint density at radius 3 is 2.64 bits per heavy atom. The molecule has 0 atom stereocenters. The molecule has 0 aliphatic carbocycles. The van der Waals surface area contributed by atoms with Crippen molar-refractivity contribution in [2.45, 2.75) is 13.0 Å². The van der Waals surface area contributed by atoms with Crippen LogP contribution in [0, 0.1) is 5.82 Å².